The first kappa shape index (κ1) is 12.0. The van der Waals surface area contributed by atoms with Crippen LogP contribution in [-0.2, 0) is 9.59 Å². The summed E-state index contributed by atoms with van der Waals surface area (Å²) in [5, 5.41) is 14.6. The van der Waals surface area contributed by atoms with Crippen molar-refractivity contribution in [3.05, 3.63) is 0 Å². The van der Waals surface area contributed by atoms with Gasteiger partial charge in [-0.3, -0.25) is 9.59 Å². The molecule has 0 spiro atoms. The van der Waals surface area contributed by atoms with E-state index >= 15 is 0 Å². The monoisotopic (exact) mass is 214 g/mol. The van der Waals surface area contributed by atoms with Gasteiger partial charge in [-0.15, -0.1) is 0 Å². The Hall–Kier alpha value is -1.10. The fraction of sp³-hybridized carbons (Fsp3) is 0.800. The van der Waals surface area contributed by atoms with Crippen molar-refractivity contribution < 1.29 is 14.7 Å². The smallest absolute Gasteiger partial charge is 0.319 e. The minimum atomic E-state index is -1.10. The molecular weight excluding hydrogens is 196 g/mol. The van der Waals surface area contributed by atoms with Crippen molar-refractivity contribution in [1.29, 1.82) is 0 Å². The largest absolute Gasteiger partial charge is 0.480 e. The molecule has 0 aromatic rings. The minimum Gasteiger partial charge on any atom is -0.480 e. The van der Waals surface area contributed by atoms with Crippen molar-refractivity contribution in [3.63, 3.8) is 0 Å². The van der Waals surface area contributed by atoms with Crippen LogP contribution in [0.2, 0.25) is 0 Å². The van der Waals surface area contributed by atoms with E-state index in [2.05, 4.69) is 10.6 Å². The Morgan fingerprint density at radius 3 is 2.47 bits per heavy atom. The highest BCUT2D eigenvalue weighted by Gasteiger charge is 2.56. The van der Waals surface area contributed by atoms with E-state index in [0.717, 1.165) is 19.5 Å². The van der Waals surface area contributed by atoms with Gasteiger partial charge in [-0.1, -0.05) is 6.92 Å². The zero-order valence-corrected chi connectivity index (χ0v) is 9.01. The quantitative estimate of drug-likeness (QED) is 0.410. The molecule has 0 aliphatic heterocycles. The van der Waals surface area contributed by atoms with Crippen LogP contribution >= 0.6 is 0 Å². The van der Waals surface area contributed by atoms with Gasteiger partial charge in [0.15, 0.2) is 0 Å². The normalized spacial score (nSPS) is 17.1. The molecule has 0 aromatic heterocycles. The minimum absolute atomic E-state index is 0.327. The summed E-state index contributed by atoms with van der Waals surface area (Å²) in [6.45, 7) is 4.31. The highest BCUT2D eigenvalue weighted by Crippen LogP contribution is 2.45. The zero-order chi connectivity index (χ0) is 11.3. The van der Waals surface area contributed by atoms with Crippen molar-refractivity contribution in [2.24, 2.45) is 5.41 Å². The van der Waals surface area contributed by atoms with Gasteiger partial charge < -0.3 is 15.7 Å². The maximum absolute atomic E-state index is 11.5. The Morgan fingerprint density at radius 1 is 1.33 bits per heavy atom. The third-order valence-electron chi connectivity index (χ3n) is 2.66. The van der Waals surface area contributed by atoms with E-state index < -0.39 is 11.4 Å². The second kappa shape index (κ2) is 5.11. The number of aliphatic carboxylic acids is 1. The van der Waals surface area contributed by atoms with E-state index in [1.54, 1.807) is 0 Å². The molecule has 1 aliphatic carbocycles. The Bertz CT molecular complexity index is 249. The summed E-state index contributed by atoms with van der Waals surface area (Å²) in [5.41, 5.74) is -1.10. The van der Waals surface area contributed by atoms with Gasteiger partial charge in [-0.05, 0) is 32.4 Å². The SMILES string of the molecule is CCNCCCNC(=O)C1(C(=O)O)CC1. The Labute approximate surface area is 89.2 Å². The topological polar surface area (TPSA) is 78.4 Å². The van der Waals surface area contributed by atoms with Crippen LogP contribution in [0.25, 0.3) is 0 Å². The van der Waals surface area contributed by atoms with Crippen molar-refractivity contribution in [2.75, 3.05) is 19.6 Å². The average Bonchev–Trinajstić information content (AvgIpc) is 2.97. The molecule has 0 radical (unpaired) electrons. The van der Waals surface area contributed by atoms with E-state index in [0.29, 0.717) is 19.4 Å². The van der Waals surface area contributed by atoms with Gasteiger partial charge >= 0.3 is 5.97 Å². The molecule has 1 amide bonds. The summed E-state index contributed by atoms with van der Waals surface area (Å²) in [6.07, 6.45) is 1.78. The van der Waals surface area contributed by atoms with Gasteiger partial charge in [0, 0.05) is 6.54 Å². The number of carboxylic acids is 1. The van der Waals surface area contributed by atoms with Crippen LogP contribution in [0.1, 0.15) is 26.2 Å². The highest BCUT2D eigenvalue weighted by molar-refractivity contribution is 6.04. The van der Waals surface area contributed by atoms with Crippen LogP contribution in [0.3, 0.4) is 0 Å². The first-order chi connectivity index (χ1) is 7.13. The molecule has 5 nitrogen and oxygen atoms in total. The molecular formula is C10H18N2O3. The molecule has 1 saturated carbocycles. The summed E-state index contributed by atoms with van der Waals surface area (Å²) in [4.78, 5) is 22.3. The second-order valence-corrected chi connectivity index (χ2v) is 3.85. The molecule has 0 unspecified atom stereocenters. The average molecular weight is 214 g/mol. The van der Waals surface area contributed by atoms with E-state index in [1.165, 1.54) is 0 Å². The van der Waals surface area contributed by atoms with E-state index in [1.807, 2.05) is 6.92 Å². The Morgan fingerprint density at radius 2 is 2.00 bits per heavy atom. The Kier molecular flexibility index (Phi) is 4.08. The number of carboxylic acid groups (broad SMARTS) is 1. The molecule has 5 heteroatoms. The lowest BCUT2D eigenvalue weighted by molar-refractivity contribution is -0.149. The number of hydrogen-bond acceptors (Lipinski definition) is 3. The molecule has 0 bridgehead atoms. The summed E-state index contributed by atoms with van der Waals surface area (Å²) >= 11 is 0. The van der Waals surface area contributed by atoms with Gasteiger partial charge in [0.2, 0.25) is 5.91 Å². The molecule has 0 heterocycles. The summed E-state index contributed by atoms with van der Waals surface area (Å²) in [7, 11) is 0. The van der Waals surface area contributed by atoms with Crippen LogP contribution in [0.5, 0.6) is 0 Å². The number of carbonyl (C=O) groups is 2. The number of carbonyl (C=O) groups excluding carboxylic acids is 1. The molecule has 3 N–H and O–H groups in total. The van der Waals surface area contributed by atoms with Gasteiger partial charge in [0.1, 0.15) is 5.41 Å². The standard InChI is InChI=1S/C10H18N2O3/c1-2-11-6-3-7-12-8(13)10(4-5-10)9(14)15/h11H,2-7H2,1H3,(H,12,13)(H,14,15). The molecule has 0 saturated heterocycles. The van der Waals surface area contributed by atoms with Gasteiger partial charge in [0.05, 0.1) is 0 Å². The van der Waals surface area contributed by atoms with Crippen molar-refractivity contribution >= 4 is 11.9 Å². The Balaban J connectivity index is 2.17. The lowest BCUT2D eigenvalue weighted by atomic mass is 10.1. The third-order valence-corrected chi connectivity index (χ3v) is 2.66. The molecule has 1 rings (SSSR count). The summed E-state index contributed by atoms with van der Waals surface area (Å²) < 4.78 is 0. The third kappa shape index (κ3) is 2.92. The van der Waals surface area contributed by atoms with E-state index in [9.17, 15) is 9.59 Å². The zero-order valence-electron chi connectivity index (χ0n) is 9.01. The van der Waals surface area contributed by atoms with Crippen LogP contribution in [0.4, 0.5) is 0 Å². The predicted octanol–water partition coefficient (Wildman–Crippen LogP) is -0.0330. The maximum Gasteiger partial charge on any atom is 0.319 e. The molecule has 0 aromatic carbocycles. The number of nitrogens with one attached hydrogen (secondary N) is 2. The predicted molar refractivity (Wildman–Crippen MR) is 55.5 cm³/mol. The number of amides is 1. The van der Waals surface area contributed by atoms with E-state index in [4.69, 9.17) is 5.11 Å². The second-order valence-electron chi connectivity index (χ2n) is 3.85. The van der Waals surface area contributed by atoms with Gasteiger partial charge in [0.25, 0.3) is 0 Å². The number of hydrogen-bond donors (Lipinski definition) is 3. The summed E-state index contributed by atoms with van der Waals surface area (Å²) in [5.74, 6) is -1.32. The summed E-state index contributed by atoms with van der Waals surface area (Å²) in [6, 6.07) is 0. The lowest BCUT2D eigenvalue weighted by Crippen LogP contribution is -2.38. The van der Waals surface area contributed by atoms with Crippen LogP contribution < -0.4 is 10.6 Å². The number of rotatable bonds is 7. The highest BCUT2D eigenvalue weighted by atomic mass is 16.4. The van der Waals surface area contributed by atoms with E-state index in [-0.39, 0.29) is 5.91 Å². The van der Waals surface area contributed by atoms with Crippen molar-refractivity contribution in [3.8, 4) is 0 Å². The first-order valence-corrected chi connectivity index (χ1v) is 5.36. The molecule has 86 valence electrons. The first-order valence-electron chi connectivity index (χ1n) is 5.36. The van der Waals surface area contributed by atoms with Crippen LogP contribution in [0, 0.1) is 5.41 Å². The molecule has 1 aliphatic rings. The van der Waals surface area contributed by atoms with Crippen LogP contribution in [-0.4, -0.2) is 36.6 Å². The lowest BCUT2D eigenvalue weighted by Gasteiger charge is -2.10. The molecule has 15 heavy (non-hydrogen) atoms. The van der Waals surface area contributed by atoms with Crippen molar-refractivity contribution in [1.82, 2.24) is 10.6 Å². The van der Waals surface area contributed by atoms with Gasteiger partial charge in [-0.25, -0.2) is 0 Å². The maximum atomic E-state index is 11.5. The van der Waals surface area contributed by atoms with Crippen LogP contribution in [0.15, 0.2) is 0 Å². The van der Waals surface area contributed by atoms with Gasteiger partial charge in [-0.2, -0.15) is 0 Å². The molecule has 1 fully saturated rings. The molecule has 0 atom stereocenters. The van der Waals surface area contributed by atoms with Crippen molar-refractivity contribution in [2.45, 2.75) is 26.2 Å². The fourth-order valence-electron chi connectivity index (χ4n) is 1.42. The fourth-order valence-corrected chi connectivity index (χ4v) is 1.42.